The lowest BCUT2D eigenvalue weighted by Gasteiger charge is -2.10. The predicted molar refractivity (Wildman–Crippen MR) is 74.5 cm³/mol. The molecular weight excluding hydrogens is 321 g/mol. The predicted octanol–water partition coefficient (Wildman–Crippen LogP) is 3.63. The monoisotopic (exact) mass is 331 g/mol. The standard InChI is InChI=1S/C12H12BrClFN3/c1-18-5-4-16-11(18)2-3-17-12-9(13)6-8(15)7-10(12)14/h4-7,17H,2-3H2,1H3. The van der Waals surface area contributed by atoms with E-state index in [-0.39, 0.29) is 5.82 Å². The molecule has 6 heteroatoms. The van der Waals surface area contributed by atoms with Crippen molar-refractivity contribution in [1.82, 2.24) is 9.55 Å². The summed E-state index contributed by atoms with van der Waals surface area (Å²) in [5.74, 6) is 0.624. The summed E-state index contributed by atoms with van der Waals surface area (Å²) in [6, 6.07) is 2.67. The Morgan fingerprint density at radius 1 is 1.50 bits per heavy atom. The number of halogens is 3. The Hall–Kier alpha value is -1.07. The number of imidazole rings is 1. The van der Waals surface area contributed by atoms with Crippen LogP contribution in [-0.4, -0.2) is 16.1 Å². The number of nitrogens with zero attached hydrogens (tertiary/aromatic N) is 2. The van der Waals surface area contributed by atoms with E-state index in [0.29, 0.717) is 21.7 Å². The minimum absolute atomic E-state index is 0.360. The van der Waals surface area contributed by atoms with Crippen LogP contribution < -0.4 is 5.32 Å². The summed E-state index contributed by atoms with van der Waals surface area (Å²) in [5, 5.41) is 3.54. The van der Waals surface area contributed by atoms with Gasteiger partial charge in [0.15, 0.2) is 0 Å². The van der Waals surface area contributed by atoms with Crippen molar-refractivity contribution in [3.8, 4) is 0 Å². The van der Waals surface area contributed by atoms with Crippen molar-refractivity contribution in [2.75, 3.05) is 11.9 Å². The highest BCUT2D eigenvalue weighted by Gasteiger charge is 2.08. The van der Waals surface area contributed by atoms with E-state index in [1.54, 1.807) is 6.20 Å². The second kappa shape index (κ2) is 5.71. The maximum Gasteiger partial charge on any atom is 0.125 e. The molecule has 0 radical (unpaired) electrons. The zero-order chi connectivity index (χ0) is 13.1. The van der Waals surface area contributed by atoms with Crippen LogP contribution in [0.5, 0.6) is 0 Å². The Bertz CT molecular complexity index is 533. The Morgan fingerprint density at radius 3 is 2.89 bits per heavy atom. The first kappa shape index (κ1) is 13.4. The first-order valence-electron chi connectivity index (χ1n) is 5.42. The highest BCUT2D eigenvalue weighted by molar-refractivity contribution is 9.10. The van der Waals surface area contributed by atoms with Crippen LogP contribution >= 0.6 is 27.5 Å². The molecule has 0 bridgehead atoms. The lowest BCUT2D eigenvalue weighted by atomic mass is 10.3. The summed E-state index contributed by atoms with van der Waals surface area (Å²) >= 11 is 9.26. The molecule has 1 heterocycles. The third kappa shape index (κ3) is 3.03. The molecule has 1 N–H and O–H groups in total. The van der Waals surface area contributed by atoms with Gasteiger partial charge in [-0.1, -0.05) is 11.6 Å². The molecule has 0 aliphatic carbocycles. The highest BCUT2D eigenvalue weighted by Crippen LogP contribution is 2.31. The van der Waals surface area contributed by atoms with Crippen LogP contribution in [0.2, 0.25) is 5.02 Å². The van der Waals surface area contributed by atoms with E-state index in [4.69, 9.17) is 11.6 Å². The SMILES string of the molecule is Cn1ccnc1CCNc1c(Cl)cc(F)cc1Br. The van der Waals surface area contributed by atoms with E-state index in [1.165, 1.54) is 12.1 Å². The fourth-order valence-corrected chi connectivity index (χ4v) is 2.61. The summed E-state index contributed by atoms with van der Waals surface area (Å²) < 4.78 is 15.6. The van der Waals surface area contributed by atoms with Gasteiger partial charge in [-0.25, -0.2) is 9.37 Å². The molecule has 1 aromatic heterocycles. The molecule has 2 aromatic rings. The normalized spacial score (nSPS) is 10.7. The summed E-state index contributed by atoms with van der Waals surface area (Å²) in [4.78, 5) is 4.22. The maximum absolute atomic E-state index is 13.1. The van der Waals surface area contributed by atoms with Gasteiger partial charge in [0.2, 0.25) is 0 Å². The van der Waals surface area contributed by atoms with Crippen molar-refractivity contribution < 1.29 is 4.39 Å². The lowest BCUT2D eigenvalue weighted by molar-refractivity contribution is 0.627. The van der Waals surface area contributed by atoms with Gasteiger partial charge < -0.3 is 9.88 Å². The second-order valence-electron chi connectivity index (χ2n) is 3.88. The molecule has 1 aromatic carbocycles. The molecule has 0 aliphatic heterocycles. The smallest absolute Gasteiger partial charge is 0.125 e. The van der Waals surface area contributed by atoms with Crippen molar-refractivity contribution in [3.63, 3.8) is 0 Å². The molecule has 0 amide bonds. The third-order valence-electron chi connectivity index (χ3n) is 2.58. The molecule has 2 rings (SSSR count). The van der Waals surface area contributed by atoms with Gasteiger partial charge in [-0.05, 0) is 28.1 Å². The Labute approximate surface area is 118 Å². The van der Waals surface area contributed by atoms with Crippen molar-refractivity contribution in [1.29, 1.82) is 0 Å². The van der Waals surface area contributed by atoms with Gasteiger partial charge in [-0.15, -0.1) is 0 Å². The van der Waals surface area contributed by atoms with Crippen LogP contribution in [-0.2, 0) is 13.5 Å². The van der Waals surface area contributed by atoms with Crippen LogP contribution in [0.3, 0.4) is 0 Å². The van der Waals surface area contributed by atoms with Gasteiger partial charge in [-0.2, -0.15) is 0 Å². The second-order valence-corrected chi connectivity index (χ2v) is 5.14. The maximum atomic E-state index is 13.1. The molecule has 0 unspecified atom stereocenters. The van der Waals surface area contributed by atoms with E-state index in [2.05, 4.69) is 26.2 Å². The number of aryl methyl sites for hydroxylation is 1. The minimum atomic E-state index is -0.360. The number of hydrogen-bond acceptors (Lipinski definition) is 2. The Kier molecular flexibility index (Phi) is 4.24. The zero-order valence-electron chi connectivity index (χ0n) is 9.75. The van der Waals surface area contributed by atoms with Crippen LogP contribution in [0.15, 0.2) is 29.0 Å². The molecule has 0 fully saturated rings. The number of aromatic nitrogens is 2. The summed E-state index contributed by atoms with van der Waals surface area (Å²) in [6.07, 6.45) is 4.43. The van der Waals surface area contributed by atoms with Crippen LogP contribution in [0, 0.1) is 5.82 Å². The molecule has 0 saturated carbocycles. The molecule has 0 saturated heterocycles. The largest absolute Gasteiger partial charge is 0.382 e. The number of hydrogen-bond donors (Lipinski definition) is 1. The third-order valence-corrected chi connectivity index (χ3v) is 3.50. The molecular formula is C12H12BrClFN3. The van der Waals surface area contributed by atoms with Crippen LogP contribution in [0.4, 0.5) is 10.1 Å². The number of benzene rings is 1. The van der Waals surface area contributed by atoms with E-state index >= 15 is 0 Å². The average Bonchev–Trinajstić information content (AvgIpc) is 2.68. The summed E-state index contributed by atoms with van der Waals surface area (Å²) in [5.41, 5.74) is 0.701. The Morgan fingerprint density at radius 2 is 2.28 bits per heavy atom. The molecule has 0 aliphatic rings. The van der Waals surface area contributed by atoms with Crippen LogP contribution in [0.25, 0.3) is 0 Å². The number of rotatable bonds is 4. The van der Waals surface area contributed by atoms with Crippen LogP contribution in [0.1, 0.15) is 5.82 Å². The van der Waals surface area contributed by atoms with E-state index in [0.717, 1.165) is 12.2 Å². The van der Waals surface area contributed by atoms with Gasteiger partial charge in [0.25, 0.3) is 0 Å². The van der Waals surface area contributed by atoms with Gasteiger partial charge in [0, 0.05) is 36.9 Å². The quantitative estimate of drug-likeness (QED) is 0.926. The lowest BCUT2D eigenvalue weighted by Crippen LogP contribution is -2.09. The highest BCUT2D eigenvalue weighted by atomic mass is 79.9. The first-order valence-corrected chi connectivity index (χ1v) is 6.59. The van der Waals surface area contributed by atoms with Crippen molar-refractivity contribution >= 4 is 33.2 Å². The van der Waals surface area contributed by atoms with E-state index < -0.39 is 0 Å². The number of nitrogens with one attached hydrogen (secondary N) is 1. The van der Waals surface area contributed by atoms with Gasteiger partial charge in [-0.3, -0.25) is 0 Å². The minimum Gasteiger partial charge on any atom is -0.382 e. The van der Waals surface area contributed by atoms with Gasteiger partial charge in [0.05, 0.1) is 10.7 Å². The average molecular weight is 333 g/mol. The van der Waals surface area contributed by atoms with E-state index in [1.807, 2.05) is 17.8 Å². The van der Waals surface area contributed by atoms with Crippen molar-refractivity contribution in [2.24, 2.45) is 7.05 Å². The molecule has 18 heavy (non-hydrogen) atoms. The van der Waals surface area contributed by atoms with E-state index in [9.17, 15) is 4.39 Å². The Balaban J connectivity index is 2.01. The summed E-state index contributed by atoms with van der Waals surface area (Å²) in [7, 11) is 1.95. The fourth-order valence-electron chi connectivity index (χ4n) is 1.65. The van der Waals surface area contributed by atoms with Crippen molar-refractivity contribution in [2.45, 2.75) is 6.42 Å². The fraction of sp³-hybridized carbons (Fsp3) is 0.250. The zero-order valence-corrected chi connectivity index (χ0v) is 12.1. The topological polar surface area (TPSA) is 29.9 Å². The first-order chi connectivity index (χ1) is 8.58. The summed E-state index contributed by atoms with van der Waals surface area (Å²) in [6.45, 7) is 0.675. The van der Waals surface area contributed by atoms with Gasteiger partial charge in [0.1, 0.15) is 11.6 Å². The number of anilines is 1. The molecule has 3 nitrogen and oxygen atoms in total. The molecule has 0 spiro atoms. The molecule has 0 atom stereocenters. The van der Waals surface area contributed by atoms with Crippen molar-refractivity contribution in [3.05, 3.63) is 45.7 Å². The molecule has 96 valence electrons. The van der Waals surface area contributed by atoms with Gasteiger partial charge >= 0.3 is 0 Å².